The van der Waals surface area contributed by atoms with E-state index in [2.05, 4.69) is 63.3 Å². The summed E-state index contributed by atoms with van der Waals surface area (Å²) in [7, 11) is 1.59. The van der Waals surface area contributed by atoms with Gasteiger partial charge in [0.05, 0.1) is 45.8 Å². The van der Waals surface area contributed by atoms with E-state index in [1.165, 1.54) is 4.90 Å². The fraction of sp³-hybridized carbons (Fsp3) is 0.400. The number of ether oxygens (including phenoxy) is 5. The third kappa shape index (κ3) is 12.2. The minimum atomic E-state index is -0.860. The van der Waals surface area contributed by atoms with Crippen LogP contribution in [0.4, 0.5) is 17.2 Å². The lowest BCUT2D eigenvalue weighted by molar-refractivity contribution is -0.141. The van der Waals surface area contributed by atoms with Gasteiger partial charge in [0.1, 0.15) is 41.4 Å². The van der Waals surface area contributed by atoms with Crippen molar-refractivity contribution in [1.82, 2.24) is 40.5 Å². The summed E-state index contributed by atoms with van der Waals surface area (Å²) in [4.78, 5) is 48.7. The number of aliphatic hydroxyl groups is 1. The highest BCUT2D eigenvalue weighted by Gasteiger charge is 2.44. The number of aromatic nitrogens is 6. The van der Waals surface area contributed by atoms with Crippen LogP contribution in [0.2, 0.25) is 0 Å². The van der Waals surface area contributed by atoms with Crippen LogP contribution in [0.3, 0.4) is 0 Å². The topological polar surface area (TPSA) is 239 Å². The number of nitrogen functional groups attached to an aromatic ring is 1. The number of carbonyl (C=O) groups is 2. The molecule has 81 heavy (non-hydrogen) atoms. The maximum absolute atomic E-state index is 14.2. The molecule has 2 aromatic carbocycles. The van der Waals surface area contributed by atoms with Gasteiger partial charge in [-0.05, 0) is 91.2 Å². The molecule has 11 rings (SSSR count). The number of anilines is 3. The molecule has 20 nitrogen and oxygen atoms in total. The van der Waals surface area contributed by atoms with Crippen molar-refractivity contribution in [3.8, 4) is 56.8 Å². The largest absolute Gasteiger partial charge is 0.489 e. The van der Waals surface area contributed by atoms with Gasteiger partial charge < -0.3 is 59.1 Å². The van der Waals surface area contributed by atoms with Gasteiger partial charge in [0.25, 0.3) is 5.88 Å². The van der Waals surface area contributed by atoms with Crippen molar-refractivity contribution in [1.29, 1.82) is 0 Å². The molecule has 2 amide bonds. The molecule has 1 aliphatic carbocycles. The molecule has 2 bridgehead atoms. The molecule has 4 aliphatic rings. The van der Waals surface area contributed by atoms with Gasteiger partial charge in [-0.3, -0.25) is 9.59 Å². The first-order chi connectivity index (χ1) is 39.3. The van der Waals surface area contributed by atoms with Gasteiger partial charge in [0.2, 0.25) is 17.7 Å². The van der Waals surface area contributed by atoms with Gasteiger partial charge in [-0.2, -0.15) is 0 Å². The lowest BCUT2D eigenvalue weighted by atomic mass is 9.91. The Morgan fingerprint density at radius 2 is 1.68 bits per heavy atom. The predicted octanol–water partition coefficient (Wildman–Crippen LogP) is 7.77. The van der Waals surface area contributed by atoms with E-state index < -0.39 is 18.1 Å². The van der Waals surface area contributed by atoms with Gasteiger partial charge in [-0.15, -0.1) is 21.5 Å². The molecule has 5 aromatic heterocycles. The Bertz CT molecular complexity index is 3380. The monoisotopic (exact) mass is 1120 g/mol. The minimum Gasteiger partial charge on any atom is -0.489 e. The number of hydrogen-bond acceptors (Lipinski definition) is 19. The lowest BCUT2D eigenvalue weighted by Crippen LogP contribution is -2.54. The zero-order valence-corrected chi connectivity index (χ0v) is 46.6. The number of likely N-dealkylation sites (tertiary alicyclic amines) is 1. The fourth-order valence-electron chi connectivity index (χ4n) is 11.3. The summed E-state index contributed by atoms with van der Waals surface area (Å²) in [6.45, 7) is 9.37. The number of methoxy groups -OCH3 is 1. The maximum Gasteiger partial charge on any atom is 0.255 e. The molecule has 21 heteroatoms. The van der Waals surface area contributed by atoms with E-state index in [0.717, 1.165) is 64.6 Å². The standard InChI is InChI=1S/C60H65N11O9S/c1-35(2)56(60(74)70-32-44(72)24-51(70)59(73)65-36(3)38-12-14-39(15-13-38)57-37(4)64-33-81-57)53-28-55(68-80-53)76-22-8-9-40-16-19-45(29-63-40)78-46-25-47(26-46)79-54-23-41(20-21-62-54)71-42-17-18-43(71)31-69(30-42)50-27-49(66-67-58(50)61)48-10-6-7-11-52(48)77-34-75-5/h6-7,10-16,19-21,23,27-29,33,35-36,42-44,46-47,51,56,72H,17-18,22,24-26,30-32,34H2,1-5H3,(H2,61,67)(H,65,73)/t36-,42+,43?,44+,46?,47?,51-,56?/m0/s1. The van der Waals surface area contributed by atoms with Crippen LogP contribution in [0, 0.1) is 24.7 Å². The average Bonchev–Trinajstić information content (AvgIpc) is 4.48. The van der Waals surface area contributed by atoms with Crippen LogP contribution >= 0.6 is 11.3 Å². The van der Waals surface area contributed by atoms with E-state index in [-0.39, 0.29) is 80.3 Å². The van der Waals surface area contributed by atoms with E-state index in [1.807, 2.05) is 106 Å². The zero-order valence-electron chi connectivity index (χ0n) is 45.8. The summed E-state index contributed by atoms with van der Waals surface area (Å²) in [5.41, 5.74) is 15.2. The maximum atomic E-state index is 14.2. The molecule has 2 unspecified atom stereocenters. The predicted molar refractivity (Wildman–Crippen MR) is 304 cm³/mol. The molecule has 3 aliphatic heterocycles. The molecule has 7 aromatic rings. The molecule has 8 heterocycles. The second-order valence-electron chi connectivity index (χ2n) is 21.3. The molecular formula is C60H65N11O9S. The van der Waals surface area contributed by atoms with Crippen molar-refractivity contribution in [2.24, 2.45) is 5.92 Å². The van der Waals surface area contributed by atoms with Crippen molar-refractivity contribution in [2.75, 3.05) is 55.7 Å². The first-order valence-electron chi connectivity index (χ1n) is 27.4. The highest BCUT2D eigenvalue weighted by molar-refractivity contribution is 7.13. The number of aliphatic hydroxyl groups excluding tert-OH is 1. The second-order valence-corrected chi connectivity index (χ2v) is 22.2. The summed E-state index contributed by atoms with van der Waals surface area (Å²) >= 11 is 1.58. The molecule has 0 radical (unpaired) electrons. The Balaban J connectivity index is 0.627. The van der Waals surface area contributed by atoms with Crippen LogP contribution in [-0.4, -0.2) is 129 Å². The van der Waals surface area contributed by atoms with Crippen molar-refractivity contribution in [3.63, 3.8) is 0 Å². The first-order valence-corrected chi connectivity index (χ1v) is 28.2. The number of benzene rings is 2. The Morgan fingerprint density at radius 3 is 2.42 bits per heavy atom. The fourth-order valence-corrected chi connectivity index (χ4v) is 12.1. The number of fused-ring (bicyclic) bond motifs is 2. The van der Waals surface area contributed by atoms with E-state index in [4.69, 9.17) is 33.9 Å². The number of thiazole rings is 1. The number of carbonyl (C=O) groups excluding carboxylic acids is 2. The summed E-state index contributed by atoms with van der Waals surface area (Å²) in [6, 6.07) is 26.4. The minimum absolute atomic E-state index is 0.0123. The van der Waals surface area contributed by atoms with Crippen molar-refractivity contribution in [3.05, 3.63) is 126 Å². The van der Waals surface area contributed by atoms with Gasteiger partial charge in [0, 0.05) is 87.7 Å². The number of β-amino-alcohol motifs (C(OH)–C–C–N with tert-alkyl or cyclic N) is 1. The average molecular weight is 1120 g/mol. The van der Waals surface area contributed by atoms with E-state index >= 15 is 0 Å². The number of hydrogen-bond donors (Lipinski definition) is 3. The number of pyridine rings is 2. The zero-order chi connectivity index (χ0) is 56.1. The molecular weight excluding hydrogens is 1050 g/mol. The van der Waals surface area contributed by atoms with E-state index in [9.17, 15) is 14.7 Å². The van der Waals surface area contributed by atoms with Crippen molar-refractivity contribution >= 4 is 40.3 Å². The number of nitrogens with one attached hydrogen (secondary N) is 1. The molecule has 0 spiro atoms. The normalized spacial score (nSPS) is 21.0. The van der Waals surface area contributed by atoms with Crippen molar-refractivity contribution < 1.29 is 42.9 Å². The second kappa shape index (κ2) is 24.2. The summed E-state index contributed by atoms with van der Waals surface area (Å²) in [5.74, 6) is 7.03. The van der Waals surface area contributed by atoms with Crippen LogP contribution < -0.4 is 39.8 Å². The third-order valence-electron chi connectivity index (χ3n) is 15.4. The van der Waals surface area contributed by atoms with E-state index in [0.29, 0.717) is 53.2 Å². The van der Waals surface area contributed by atoms with Crippen LogP contribution in [0.5, 0.6) is 23.3 Å². The quantitative estimate of drug-likeness (QED) is 0.0518. The molecule has 4 N–H and O–H groups in total. The van der Waals surface area contributed by atoms with Gasteiger partial charge in [0.15, 0.2) is 25.0 Å². The van der Waals surface area contributed by atoms with Gasteiger partial charge in [-0.1, -0.05) is 56.2 Å². The Kier molecular flexibility index (Phi) is 16.3. The smallest absolute Gasteiger partial charge is 0.255 e. The van der Waals surface area contributed by atoms with Gasteiger partial charge in [-0.25, -0.2) is 15.0 Å². The Hall–Kier alpha value is -8.32. The van der Waals surface area contributed by atoms with Crippen LogP contribution in [0.1, 0.15) is 87.5 Å². The third-order valence-corrected chi connectivity index (χ3v) is 16.4. The number of amides is 2. The molecule has 3 saturated heterocycles. The molecule has 4 fully saturated rings. The Labute approximate surface area is 473 Å². The van der Waals surface area contributed by atoms with E-state index in [1.54, 1.807) is 36.8 Å². The number of nitrogens with zero attached hydrogens (tertiary/aromatic N) is 9. The number of aryl methyl sites for hydroxylation is 1. The van der Waals surface area contributed by atoms with Crippen LogP contribution in [-0.2, 0) is 14.3 Å². The summed E-state index contributed by atoms with van der Waals surface area (Å²) in [5, 5.41) is 26.6. The van der Waals surface area contributed by atoms with Gasteiger partial charge >= 0.3 is 0 Å². The van der Waals surface area contributed by atoms with Crippen molar-refractivity contribution in [2.45, 2.75) is 108 Å². The SMILES string of the molecule is COCOc1ccccc1-c1cc(N2CC3CC[C@H](C2)N3c2ccnc(OC3CC(Oc4ccc(C#CCOc5cc(C(C(=O)N6C[C@H](O)C[C@H]6C(=O)N[C@@H](C)c6ccc(-c7scnc7C)cc6)C(C)C)on5)nc4)C3)c2)c(N)nn1. The number of para-hydroxylation sites is 1. The Morgan fingerprint density at radius 1 is 0.889 bits per heavy atom. The van der Waals surface area contributed by atoms with Crippen LogP contribution in [0.15, 0.2) is 107 Å². The number of piperazine rings is 1. The highest BCUT2D eigenvalue weighted by atomic mass is 32.1. The molecule has 1 saturated carbocycles. The molecule has 420 valence electrons. The first kappa shape index (κ1) is 54.6. The number of nitrogens with two attached hydrogens (primary N) is 1. The summed E-state index contributed by atoms with van der Waals surface area (Å²) in [6.07, 6.45) is 6.21. The van der Waals surface area contributed by atoms with Crippen LogP contribution in [0.25, 0.3) is 21.7 Å². The highest BCUT2D eigenvalue weighted by Crippen LogP contribution is 2.41. The number of rotatable bonds is 19. The summed E-state index contributed by atoms with van der Waals surface area (Å²) < 4.78 is 35.0. The molecule has 6 atom stereocenters. The lowest BCUT2D eigenvalue weighted by Gasteiger charge is -2.43.